The van der Waals surface area contributed by atoms with E-state index in [9.17, 15) is 9.50 Å². The number of halogens is 2. The van der Waals surface area contributed by atoms with Crippen LogP contribution in [0.1, 0.15) is 22.6 Å². The third kappa shape index (κ3) is 3.64. The Morgan fingerprint density at radius 3 is 2.68 bits per heavy atom. The van der Waals surface area contributed by atoms with E-state index in [1.807, 2.05) is 25.1 Å². The Kier molecular flexibility index (Phi) is 4.72. The first-order valence-electron chi connectivity index (χ1n) is 6.21. The van der Waals surface area contributed by atoms with E-state index in [-0.39, 0.29) is 18.3 Å². The number of aryl methyl sites for hydroxylation is 1. The third-order valence-corrected chi connectivity index (χ3v) is 3.98. The summed E-state index contributed by atoms with van der Waals surface area (Å²) in [5, 5.41) is 9.58. The summed E-state index contributed by atoms with van der Waals surface area (Å²) in [7, 11) is 0. The highest BCUT2D eigenvalue weighted by molar-refractivity contribution is 9.10. The highest BCUT2D eigenvalue weighted by atomic mass is 79.9. The number of aliphatic hydroxyl groups is 1. The van der Waals surface area contributed by atoms with Crippen LogP contribution < -0.4 is 0 Å². The molecule has 100 valence electrons. The lowest BCUT2D eigenvalue weighted by Crippen LogP contribution is -2.08. The lowest BCUT2D eigenvalue weighted by atomic mass is 9.92. The van der Waals surface area contributed by atoms with Crippen molar-refractivity contribution in [2.75, 3.05) is 6.61 Å². The van der Waals surface area contributed by atoms with Crippen molar-refractivity contribution in [3.63, 3.8) is 0 Å². The van der Waals surface area contributed by atoms with Crippen LogP contribution in [0.5, 0.6) is 0 Å². The molecule has 1 atom stereocenters. The molecule has 19 heavy (non-hydrogen) atoms. The standard InChI is InChI=1S/C16H16BrFO/c1-11-3-2-4-12(7-11)14(10-19)8-13-9-15(18)5-6-16(13)17/h2-7,9,14,19H,8,10H2,1H3. The molecule has 2 rings (SSSR count). The van der Waals surface area contributed by atoms with E-state index in [4.69, 9.17) is 0 Å². The molecule has 1 N–H and O–H groups in total. The van der Waals surface area contributed by atoms with Crippen molar-refractivity contribution in [1.82, 2.24) is 0 Å². The minimum Gasteiger partial charge on any atom is -0.396 e. The van der Waals surface area contributed by atoms with Crippen molar-refractivity contribution >= 4 is 15.9 Å². The van der Waals surface area contributed by atoms with Gasteiger partial charge in [-0.05, 0) is 42.7 Å². The van der Waals surface area contributed by atoms with Gasteiger partial charge in [0.1, 0.15) is 5.82 Å². The fourth-order valence-electron chi connectivity index (χ4n) is 2.18. The van der Waals surface area contributed by atoms with Gasteiger partial charge in [-0.3, -0.25) is 0 Å². The van der Waals surface area contributed by atoms with Crippen molar-refractivity contribution < 1.29 is 9.50 Å². The summed E-state index contributed by atoms with van der Waals surface area (Å²) in [6, 6.07) is 12.7. The van der Waals surface area contributed by atoms with Gasteiger partial charge in [-0.25, -0.2) is 4.39 Å². The van der Waals surface area contributed by atoms with Crippen LogP contribution in [0.25, 0.3) is 0 Å². The molecule has 2 aromatic carbocycles. The summed E-state index contributed by atoms with van der Waals surface area (Å²) in [6.07, 6.45) is 0.609. The maximum absolute atomic E-state index is 13.3. The Balaban J connectivity index is 2.26. The number of hydrogen-bond donors (Lipinski definition) is 1. The van der Waals surface area contributed by atoms with E-state index in [2.05, 4.69) is 22.0 Å². The molecular weight excluding hydrogens is 307 g/mol. The molecule has 0 aliphatic carbocycles. The Morgan fingerprint density at radius 2 is 2.00 bits per heavy atom. The molecule has 2 aromatic rings. The first-order valence-corrected chi connectivity index (χ1v) is 7.01. The Labute approximate surface area is 121 Å². The van der Waals surface area contributed by atoms with Crippen LogP contribution in [-0.4, -0.2) is 11.7 Å². The predicted octanol–water partition coefficient (Wildman–Crippen LogP) is 4.22. The predicted molar refractivity (Wildman–Crippen MR) is 78.8 cm³/mol. The fourth-order valence-corrected chi connectivity index (χ4v) is 2.59. The molecule has 0 saturated carbocycles. The Hall–Kier alpha value is -1.19. The maximum atomic E-state index is 13.3. The molecule has 0 saturated heterocycles. The second-order valence-corrected chi connectivity index (χ2v) is 5.59. The maximum Gasteiger partial charge on any atom is 0.123 e. The molecule has 0 spiro atoms. The largest absolute Gasteiger partial charge is 0.396 e. The number of benzene rings is 2. The highest BCUT2D eigenvalue weighted by Crippen LogP contribution is 2.26. The highest BCUT2D eigenvalue weighted by Gasteiger charge is 2.14. The molecule has 1 nitrogen and oxygen atoms in total. The minimum atomic E-state index is -0.251. The zero-order valence-electron chi connectivity index (χ0n) is 10.7. The molecule has 3 heteroatoms. The minimum absolute atomic E-state index is 0.0157. The van der Waals surface area contributed by atoms with E-state index in [0.29, 0.717) is 6.42 Å². The van der Waals surface area contributed by atoms with Crippen molar-refractivity contribution in [2.24, 2.45) is 0 Å². The average molecular weight is 323 g/mol. The number of hydrogen-bond acceptors (Lipinski definition) is 1. The SMILES string of the molecule is Cc1cccc(C(CO)Cc2cc(F)ccc2Br)c1. The molecular formula is C16H16BrFO. The van der Waals surface area contributed by atoms with Crippen LogP contribution >= 0.6 is 15.9 Å². The van der Waals surface area contributed by atoms with Crippen LogP contribution in [0.2, 0.25) is 0 Å². The first kappa shape index (κ1) is 14.2. The van der Waals surface area contributed by atoms with Gasteiger partial charge < -0.3 is 5.11 Å². The van der Waals surface area contributed by atoms with E-state index >= 15 is 0 Å². The van der Waals surface area contributed by atoms with Gasteiger partial charge in [-0.1, -0.05) is 45.8 Å². The summed E-state index contributed by atoms with van der Waals surface area (Å²) >= 11 is 3.43. The zero-order chi connectivity index (χ0) is 13.8. The molecule has 0 bridgehead atoms. The van der Waals surface area contributed by atoms with E-state index in [1.54, 1.807) is 6.07 Å². The van der Waals surface area contributed by atoms with Gasteiger partial charge in [0.25, 0.3) is 0 Å². The van der Waals surface area contributed by atoms with Gasteiger partial charge in [-0.15, -0.1) is 0 Å². The summed E-state index contributed by atoms with van der Waals surface area (Å²) in [5.41, 5.74) is 3.12. The van der Waals surface area contributed by atoms with Gasteiger partial charge in [0.05, 0.1) is 6.61 Å². The molecule has 0 fully saturated rings. The number of rotatable bonds is 4. The smallest absolute Gasteiger partial charge is 0.123 e. The second-order valence-electron chi connectivity index (χ2n) is 4.73. The lowest BCUT2D eigenvalue weighted by Gasteiger charge is -2.16. The molecule has 0 amide bonds. The van der Waals surface area contributed by atoms with Crippen molar-refractivity contribution in [2.45, 2.75) is 19.3 Å². The second kappa shape index (κ2) is 6.31. The van der Waals surface area contributed by atoms with Crippen LogP contribution in [0.3, 0.4) is 0 Å². The van der Waals surface area contributed by atoms with E-state index in [1.165, 1.54) is 12.1 Å². The molecule has 1 unspecified atom stereocenters. The quantitative estimate of drug-likeness (QED) is 0.893. The van der Waals surface area contributed by atoms with Crippen LogP contribution in [-0.2, 0) is 6.42 Å². The van der Waals surface area contributed by atoms with E-state index in [0.717, 1.165) is 21.2 Å². The first-order chi connectivity index (χ1) is 9.10. The topological polar surface area (TPSA) is 20.2 Å². The van der Waals surface area contributed by atoms with Crippen molar-refractivity contribution in [3.05, 3.63) is 69.4 Å². The van der Waals surface area contributed by atoms with Crippen LogP contribution in [0.15, 0.2) is 46.9 Å². The van der Waals surface area contributed by atoms with Gasteiger partial charge in [0.15, 0.2) is 0 Å². The van der Waals surface area contributed by atoms with Crippen molar-refractivity contribution in [3.8, 4) is 0 Å². The van der Waals surface area contributed by atoms with Crippen molar-refractivity contribution in [1.29, 1.82) is 0 Å². The zero-order valence-corrected chi connectivity index (χ0v) is 12.3. The summed E-state index contributed by atoms with van der Waals surface area (Å²) in [4.78, 5) is 0. The van der Waals surface area contributed by atoms with Gasteiger partial charge >= 0.3 is 0 Å². The molecule has 0 aromatic heterocycles. The summed E-state index contributed by atoms with van der Waals surface area (Å²) < 4.78 is 14.2. The van der Waals surface area contributed by atoms with Crippen LogP contribution in [0, 0.1) is 12.7 Å². The van der Waals surface area contributed by atoms with E-state index < -0.39 is 0 Å². The monoisotopic (exact) mass is 322 g/mol. The molecule has 0 heterocycles. The Bertz CT molecular complexity index is 568. The molecule has 0 aliphatic heterocycles. The Morgan fingerprint density at radius 1 is 1.21 bits per heavy atom. The summed E-state index contributed by atoms with van der Waals surface area (Å²) in [5.74, 6) is -0.267. The summed E-state index contributed by atoms with van der Waals surface area (Å²) in [6.45, 7) is 2.07. The van der Waals surface area contributed by atoms with Gasteiger partial charge in [-0.2, -0.15) is 0 Å². The molecule has 0 aliphatic rings. The van der Waals surface area contributed by atoms with Gasteiger partial charge in [0, 0.05) is 10.4 Å². The van der Waals surface area contributed by atoms with Gasteiger partial charge in [0.2, 0.25) is 0 Å². The normalized spacial score (nSPS) is 12.4. The fraction of sp³-hybridized carbons (Fsp3) is 0.250. The average Bonchev–Trinajstić information content (AvgIpc) is 2.39. The molecule has 0 radical (unpaired) electrons. The number of aliphatic hydroxyl groups excluding tert-OH is 1. The lowest BCUT2D eigenvalue weighted by molar-refractivity contribution is 0.264. The third-order valence-electron chi connectivity index (χ3n) is 3.21. The van der Waals surface area contributed by atoms with Crippen LogP contribution in [0.4, 0.5) is 4.39 Å².